The maximum Gasteiger partial charge on any atom is 0.179 e. The first-order chi connectivity index (χ1) is 9.07. The SMILES string of the molecule is CCc1c(C2(C)CCCN2)cc(OC)c(OC)c1Cl. The zero-order chi connectivity index (χ0) is 14.0. The Morgan fingerprint density at radius 1 is 1.37 bits per heavy atom. The van der Waals surface area contributed by atoms with E-state index in [-0.39, 0.29) is 5.54 Å². The molecule has 1 atom stereocenters. The van der Waals surface area contributed by atoms with E-state index in [4.69, 9.17) is 21.1 Å². The number of ether oxygens (including phenoxy) is 2. The fourth-order valence-electron chi connectivity index (χ4n) is 2.95. The van der Waals surface area contributed by atoms with Crippen LogP contribution in [0.4, 0.5) is 0 Å². The Bertz CT molecular complexity index is 468. The summed E-state index contributed by atoms with van der Waals surface area (Å²) in [5, 5.41) is 4.26. The largest absolute Gasteiger partial charge is 0.493 e. The molecule has 2 rings (SSSR count). The first kappa shape index (κ1) is 14.5. The van der Waals surface area contributed by atoms with E-state index in [0.29, 0.717) is 16.5 Å². The number of benzene rings is 1. The molecule has 4 heteroatoms. The molecular weight excluding hydrogens is 262 g/mol. The molecule has 1 N–H and O–H groups in total. The van der Waals surface area contributed by atoms with Crippen LogP contribution in [0.25, 0.3) is 0 Å². The van der Waals surface area contributed by atoms with Crippen molar-refractivity contribution in [2.75, 3.05) is 20.8 Å². The highest BCUT2D eigenvalue weighted by Gasteiger charge is 2.34. The van der Waals surface area contributed by atoms with Crippen LogP contribution < -0.4 is 14.8 Å². The molecule has 1 aromatic carbocycles. The van der Waals surface area contributed by atoms with Crippen LogP contribution in [0, 0.1) is 0 Å². The predicted molar refractivity (Wildman–Crippen MR) is 78.5 cm³/mol. The van der Waals surface area contributed by atoms with Crippen LogP contribution in [0.2, 0.25) is 5.02 Å². The molecule has 0 radical (unpaired) electrons. The lowest BCUT2D eigenvalue weighted by Crippen LogP contribution is -2.34. The highest BCUT2D eigenvalue weighted by molar-refractivity contribution is 6.33. The average molecular weight is 284 g/mol. The molecule has 0 amide bonds. The van der Waals surface area contributed by atoms with Crippen LogP contribution in [0.5, 0.6) is 11.5 Å². The maximum absolute atomic E-state index is 6.51. The van der Waals surface area contributed by atoms with Crippen molar-refractivity contribution < 1.29 is 9.47 Å². The second-order valence-electron chi connectivity index (χ2n) is 5.17. The summed E-state index contributed by atoms with van der Waals surface area (Å²) in [5.74, 6) is 1.33. The van der Waals surface area contributed by atoms with E-state index in [9.17, 15) is 0 Å². The van der Waals surface area contributed by atoms with Crippen LogP contribution in [-0.4, -0.2) is 20.8 Å². The Morgan fingerprint density at radius 3 is 2.58 bits per heavy atom. The van der Waals surface area contributed by atoms with Crippen molar-refractivity contribution in [3.8, 4) is 11.5 Å². The quantitative estimate of drug-likeness (QED) is 0.917. The molecule has 0 bridgehead atoms. The third-order valence-electron chi connectivity index (χ3n) is 4.03. The van der Waals surface area contributed by atoms with Gasteiger partial charge in [0.25, 0.3) is 0 Å². The van der Waals surface area contributed by atoms with Crippen LogP contribution >= 0.6 is 11.6 Å². The molecule has 0 spiro atoms. The van der Waals surface area contributed by atoms with E-state index in [1.807, 2.05) is 0 Å². The van der Waals surface area contributed by atoms with Gasteiger partial charge in [-0.1, -0.05) is 18.5 Å². The first-order valence-electron chi connectivity index (χ1n) is 6.76. The van der Waals surface area contributed by atoms with E-state index in [1.54, 1.807) is 14.2 Å². The molecule has 1 heterocycles. The molecule has 106 valence electrons. The lowest BCUT2D eigenvalue weighted by atomic mass is 9.85. The Kier molecular flexibility index (Phi) is 4.26. The highest BCUT2D eigenvalue weighted by Crippen LogP contribution is 2.44. The van der Waals surface area contributed by atoms with E-state index in [1.165, 1.54) is 12.0 Å². The predicted octanol–water partition coefficient (Wildman–Crippen LogP) is 3.52. The van der Waals surface area contributed by atoms with Crippen molar-refractivity contribution in [3.05, 3.63) is 22.2 Å². The lowest BCUT2D eigenvalue weighted by molar-refractivity contribution is 0.350. The first-order valence-corrected chi connectivity index (χ1v) is 7.14. The molecule has 0 aliphatic carbocycles. The van der Waals surface area contributed by atoms with Crippen molar-refractivity contribution in [3.63, 3.8) is 0 Å². The van der Waals surface area contributed by atoms with Crippen molar-refractivity contribution in [1.29, 1.82) is 0 Å². The molecule has 19 heavy (non-hydrogen) atoms. The zero-order valence-corrected chi connectivity index (χ0v) is 12.9. The van der Waals surface area contributed by atoms with E-state index >= 15 is 0 Å². The summed E-state index contributed by atoms with van der Waals surface area (Å²) in [6.07, 6.45) is 3.18. The van der Waals surface area contributed by atoms with Gasteiger partial charge in [-0.15, -0.1) is 0 Å². The Balaban J connectivity index is 2.63. The zero-order valence-electron chi connectivity index (χ0n) is 12.1. The van der Waals surface area contributed by atoms with Gasteiger partial charge in [0.15, 0.2) is 11.5 Å². The standard InChI is InChI=1S/C15H22ClNO2/c1-5-10-11(15(2)7-6-8-17-15)9-12(18-3)14(19-4)13(10)16/h9,17H,5-8H2,1-4H3. The lowest BCUT2D eigenvalue weighted by Gasteiger charge is -2.29. The summed E-state index contributed by atoms with van der Waals surface area (Å²) >= 11 is 6.51. The number of nitrogens with one attached hydrogen (secondary N) is 1. The van der Waals surface area contributed by atoms with Crippen molar-refractivity contribution in [1.82, 2.24) is 5.32 Å². The summed E-state index contributed by atoms with van der Waals surface area (Å²) in [6, 6.07) is 2.07. The molecule has 0 saturated carbocycles. The second kappa shape index (κ2) is 5.59. The Labute approximate surface area is 120 Å². The van der Waals surface area contributed by atoms with Crippen LogP contribution in [0.3, 0.4) is 0 Å². The average Bonchev–Trinajstić information content (AvgIpc) is 2.85. The third kappa shape index (κ3) is 2.41. The molecular formula is C15H22ClNO2. The molecule has 1 aliphatic rings. The van der Waals surface area contributed by atoms with Crippen molar-refractivity contribution in [2.45, 2.75) is 38.6 Å². The van der Waals surface area contributed by atoms with E-state index in [0.717, 1.165) is 24.9 Å². The van der Waals surface area contributed by atoms with Crippen molar-refractivity contribution in [2.24, 2.45) is 0 Å². The molecule has 1 aliphatic heterocycles. The molecule has 0 aromatic heterocycles. The van der Waals surface area contributed by atoms with E-state index < -0.39 is 0 Å². The van der Waals surface area contributed by atoms with Gasteiger partial charge in [0, 0.05) is 5.54 Å². The maximum atomic E-state index is 6.51. The van der Waals surface area contributed by atoms with Gasteiger partial charge in [0.1, 0.15) is 0 Å². The smallest absolute Gasteiger partial charge is 0.179 e. The number of halogens is 1. The van der Waals surface area contributed by atoms with Gasteiger partial charge >= 0.3 is 0 Å². The summed E-state index contributed by atoms with van der Waals surface area (Å²) in [6.45, 7) is 5.40. The fourth-order valence-corrected chi connectivity index (χ4v) is 3.36. The summed E-state index contributed by atoms with van der Waals surface area (Å²) in [5.41, 5.74) is 2.36. The molecule has 1 aromatic rings. The number of rotatable bonds is 4. The Morgan fingerprint density at radius 2 is 2.11 bits per heavy atom. The number of methoxy groups -OCH3 is 2. The third-order valence-corrected chi connectivity index (χ3v) is 4.43. The van der Waals surface area contributed by atoms with Crippen LogP contribution in [0.1, 0.15) is 37.8 Å². The normalized spacial score (nSPS) is 22.6. The molecule has 1 saturated heterocycles. The monoisotopic (exact) mass is 283 g/mol. The Hall–Kier alpha value is -0.930. The minimum atomic E-state index is -0.0193. The van der Waals surface area contributed by atoms with Gasteiger partial charge in [-0.05, 0) is 49.9 Å². The molecule has 1 fully saturated rings. The number of hydrogen-bond donors (Lipinski definition) is 1. The molecule has 1 unspecified atom stereocenters. The fraction of sp³-hybridized carbons (Fsp3) is 0.600. The topological polar surface area (TPSA) is 30.5 Å². The van der Waals surface area contributed by atoms with Gasteiger partial charge in [-0.3, -0.25) is 0 Å². The van der Waals surface area contributed by atoms with Crippen LogP contribution in [0.15, 0.2) is 6.07 Å². The highest BCUT2D eigenvalue weighted by atomic mass is 35.5. The summed E-state index contributed by atoms with van der Waals surface area (Å²) < 4.78 is 10.8. The summed E-state index contributed by atoms with van der Waals surface area (Å²) in [4.78, 5) is 0. The van der Waals surface area contributed by atoms with E-state index in [2.05, 4.69) is 25.2 Å². The van der Waals surface area contributed by atoms with Gasteiger partial charge in [0.2, 0.25) is 0 Å². The van der Waals surface area contributed by atoms with Gasteiger partial charge in [-0.25, -0.2) is 0 Å². The minimum Gasteiger partial charge on any atom is -0.493 e. The summed E-state index contributed by atoms with van der Waals surface area (Å²) in [7, 11) is 3.27. The van der Waals surface area contributed by atoms with Crippen molar-refractivity contribution >= 4 is 11.6 Å². The molecule has 3 nitrogen and oxygen atoms in total. The number of hydrogen-bond acceptors (Lipinski definition) is 3. The van der Waals surface area contributed by atoms with Gasteiger partial charge in [-0.2, -0.15) is 0 Å². The van der Waals surface area contributed by atoms with Gasteiger partial charge in [0.05, 0.1) is 19.2 Å². The van der Waals surface area contributed by atoms with Gasteiger partial charge < -0.3 is 14.8 Å². The second-order valence-corrected chi connectivity index (χ2v) is 5.55. The van der Waals surface area contributed by atoms with Crippen LogP contribution in [-0.2, 0) is 12.0 Å². The minimum absolute atomic E-state index is 0.0193.